The highest BCUT2D eigenvalue weighted by atomic mass is 35.5. The van der Waals surface area contributed by atoms with E-state index in [0.29, 0.717) is 33.8 Å². The highest BCUT2D eigenvalue weighted by Gasteiger charge is 2.22. The Morgan fingerprint density at radius 1 is 0.971 bits per heavy atom. The van der Waals surface area contributed by atoms with Gasteiger partial charge < -0.3 is 15.5 Å². The van der Waals surface area contributed by atoms with Gasteiger partial charge in [-0.15, -0.1) is 0 Å². The summed E-state index contributed by atoms with van der Waals surface area (Å²) in [7, 11) is 0. The fraction of sp³-hybridized carbons (Fsp3) is 0.240. The molecule has 2 N–H and O–H groups in total. The summed E-state index contributed by atoms with van der Waals surface area (Å²) < 4.78 is 0. The van der Waals surface area contributed by atoms with Gasteiger partial charge in [-0.05, 0) is 69.3 Å². The second-order valence-corrected chi connectivity index (χ2v) is 8.02. The molecule has 1 atom stereocenters. The van der Waals surface area contributed by atoms with Crippen LogP contribution in [0.25, 0.3) is 0 Å². The Hall–Kier alpha value is -3.78. The maximum Gasteiger partial charge on any atom is 0.255 e. The number of carbonyl (C=O) groups excluding carboxylic acids is 4. The molecule has 2 aromatic rings. The van der Waals surface area contributed by atoms with Gasteiger partial charge >= 0.3 is 0 Å². The van der Waals surface area contributed by atoms with Crippen molar-refractivity contribution in [2.24, 2.45) is 5.16 Å². The van der Waals surface area contributed by atoms with Gasteiger partial charge in [0.05, 0.1) is 6.42 Å². The molecule has 1 heterocycles. The third kappa shape index (κ3) is 7.11. The predicted molar refractivity (Wildman–Crippen MR) is 130 cm³/mol. The third-order valence-corrected chi connectivity index (χ3v) is 5.14. The number of hydrogen-bond acceptors (Lipinski definition) is 6. The van der Waals surface area contributed by atoms with E-state index in [1.807, 2.05) is 0 Å². The van der Waals surface area contributed by atoms with Crippen molar-refractivity contribution in [3.8, 4) is 0 Å². The van der Waals surface area contributed by atoms with Gasteiger partial charge in [0.1, 0.15) is 0 Å². The van der Waals surface area contributed by atoms with Crippen LogP contribution in [0.4, 0.5) is 0 Å². The number of halogens is 1. The highest BCUT2D eigenvalue weighted by Crippen LogP contribution is 2.15. The van der Waals surface area contributed by atoms with Gasteiger partial charge in [-0.3, -0.25) is 19.2 Å². The molecule has 0 bridgehead atoms. The first-order chi connectivity index (χ1) is 16.0. The molecule has 0 aromatic heterocycles. The Morgan fingerprint density at radius 2 is 1.47 bits per heavy atom. The molecule has 2 amide bonds. The topological polar surface area (TPSA) is 114 Å². The molecule has 178 valence electrons. The second-order valence-electron chi connectivity index (χ2n) is 7.59. The SMILES string of the molecule is C=CNC(=O)c1ccc(C(C)=O)cc1C.CC(=O)c1ccc(C(=O)NC2CC(Cl)=NO2)c(C)c1. The molecule has 8 nitrogen and oxygen atoms in total. The summed E-state index contributed by atoms with van der Waals surface area (Å²) in [5.41, 5.74) is 3.76. The van der Waals surface area contributed by atoms with Crippen molar-refractivity contribution in [3.05, 3.63) is 82.6 Å². The molecule has 1 unspecified atom stereocenters. The van der Waals surface area contributed by atoms with Crippen LogP contribution in [0.15, 0.2) is 54.3 Å². The van der Waals surface area contributed by atoms with Crippen LogP contribution < -0.4 is 10.6 Å². The van der Waals surface area contributed by atoms with E-state index in [-0.39, 0.29) is 23.4 Å². The van der Waals surface area contributed by atoms with Crippen LogP contribution >= 0.6 is 11.6 Å². The average Bonchev–Trinajstić information content (AvgIpc) is 3.18. The van der Waals surface area contributed by atoms with Gasteiger partial charge in [-0.1, -0.05) is 35.5 Å². The Kier molecular flexibility index (Phi) is 9.27. The zero-order chi connectivity index (χ0) is 25.4. The standard InChI is InChI=1S/C13H13ClN2O3.C12H13NO2/c1-7-5-9(8(2)17)3-4-10(7)13(18)15-12-6-11(14)16-19-12;1-4-13-12(15)11-6-5-10(9(3)14)7-8(11)2/h3-5,12H,6H2,1-2H3,(H,15,18);4-7H,1H2,2-3H3,(H,13,15). The zero-order valence-electron chi connectivity index (χ0n) is 19.4. The molecule has 1 aliphatic heterocycles. The van der Waals surface area contributed by atoms with Crippen molar-refractivity contribution < 1.29 is 24.0 Å². The molecule has 0 spiro atoms. The number of ketones is 2. The van der Waals surface area contributed by atoms with Gasteiger partial charge in [-0.2, -0.15) is 0 Å². The molecule has 0 saturated heterocycles. The van der Waals surface area contributed by atoms with Gasteiger partial charge in [0.2, 0.25) is 6.23 Å². The molecule has 0 fully saturated rings. The summed E-state index contributed by atoms with van der Waals surface area (Å²) in [5, 5.41) is 9.04. The number of hydrogen-bond donors (Lipinski definition) is 2. The van der Waals surface area contributed by atoms with E-state index in [1.54, 1.807) is 50.2 Å². The second kappa shape index (κ2) is 11.9. The molecule has 0 saturated carbocycles. The minimum atomic E-state index is -0.535. The largest absolute Gasteiger partial charge is 0.369 e. The number of Topliss-reactive ketones (excluding diaryl/α,β-unsaturated/α-hetero) is 2. The number of oxime groups is 1. The lowest BCUT2D eigenvalue weighted by Gasteiger charge is -2.12. The van der Waals surface area contributed by atoms with Gasteiger partial charge in [0.25, 0.3) is 11.8 Å². The lowest BCUT2D eigenvalue weighted by Crippen LogP contribution is -2.35. The van der Waals surface area contributed by atoms with Crippen molar-refractivity contribution in [1.29, 1.82) is 0 Å². The van der Waals surface area contributed by atoms with Gasteiger partial charge in [-0.25, -0.2) is 0 Å². The normalized spacial score (nSPS) is 14.0. The summed E-state index contributed by atoms with van der Waals surface area (Å²) >= 11 is 5.66. The number of aryl methyl sites for hydroxylation is 2. The average molecular weight is 484 g/mol. The molecule has 3 rings (SSSR count). The molecular formula is C25H26ClN3O5. The van der Waals surface area contributed by atoms with Crippen molar-refractivity contribution in [2.45, 2.75) is 40.3 Å². The van der Waals surface area contributed by atoms with Crippen molar-refractivity contribution in [2.75, 3.05) is 0 Å². The number of nitrogens with one attached hydrogen (secondary N) is 2. The Bertz CT molecular complexity index is 1170. The smallest absolute Gasteiger partial charge is 0.255 e. The fourth-order valence-electron chi connectivity index (χ4n) is 3.09. The van der Waals surface area contributed by atoms with Crippen LogP contribution in [0, 0.1) is 13.8 Å². The van der Waals surface area contributed by atoms with Crippen LogP contribution in [0.3, 0.4) is 0 Å². The summed E-state index contributed by atoms with van der Waals surface area (Å²) in [5.74, 6) is -0.528. The van der Waals surface area contributed by atoms with E-state index in [1.165, 1.54) is 20.0 Å². The van der Waals surface area contributed by atoms with E-state index < -0.39 is 6.23 Å². The fourth-order valence-corrected chi connectivity index (χ4v) is 3.27. The molecular weight excluding hydrogens is 458 g/mol. The molecule has 0 radical (unpaired) electrons. The monoisotopic (exact) mass is 483 g/mol. The van der Waals surface area contributed by atoms with E-state index in [9.17, 15) is 19.2 Å². The lowest BCUT2D eigenvalue weighted by atomic mass is 10.0. The minimum absolute atomic E-state index is 0.00576. The van der Waals surface area contributed by atoms with Crippen LogP contribution in [-0.2, 0) is 4.84 Å². The summed E-state index contributed by atoms with van der Waals surface area (Å²) in [6.45, 7) is 9.97. The van der Waals surface area contributed by atoms with E-state index in [0.717, 1.165) is 11.1 Å². The Balaban J connectivity index is 0.000000248. The first-order valence-corrected chi connectivity index (χ1v) is 10.7. The first-order valence-electron chi connectivity index (χ1n) is 10.4. The van der Waals surface area contributed by atoms with Gasteiger partial charge in [0, 0.05) is 22.3 Å². The molecule has 34 heavy (non-hydrogen) atoms. The number of benzene rings is 2. The minimum Gasteiger partial charge on any atom is -0.369 e. The molecule has 1 aliphatic rings. The maximum atomic E-state index is 12.0. The lowest BCUT2D eigenvalue weighted by molar-refractivity contribution is 0.0502. The highest BCUT2D eigenvalue weighted by molar-refractivity contribution is 6.65. The van der Waals surface area contributed by atoms with E-state index in [2.05, 4.69) is 22.4 Å². The van der Waals surface area contributed by atoms with Crippen molar-refractivity contribution in [3.63, 3.8) is 0 Å². The van der Waals surface area contributed by atoms with Crippen LogP contribution in [0.2, 0.25) is 0 Å². The van der Waals surface area contributed by atoms with E-state index in [4.69, 9.17) is 16.4 Å². The van der Waals surface area contributed by atoms with Crippen LogP contribution in [0.1, 0.15) is 72.8 Å². The quantitative estimate of drug-likeness (QED) is 0.594. The number of nitrogens with zero attached hydrogens (tertiary/aromatic N) is 1. The number of amides is 2. The predicted octanol–water partition coefficient (Wildman–Crippen LogP) is 4.30. The molecule has 9 heteroatoms. The Morgan fingerprint density at radius 3 is 1.85 bits per heavy atom. The Labute approximate surface area is 203 Å². The summed E-state index contributed by atoms with van der Waals surface area (Å²) in [6.07, 6.45) is 1.16. The van der Waals surface area contributed by atoms with Crippen LogP contribution in [0.5, 0.6) is 0 Å². The summed E-state index contributed by atoms with van der Waals surface area (Å²) in [6, 6.07) is 9.94. The van der Waals surface area contributed by atoms with Crippen LogP contribution in [-0.4, -0.2) is 34.8 Å². The first kappa shape index (κ1) is 26.5. The number of carbonyl (C=O) groups is 4. The molecule has 2 aromatic carbocycles. The summed E-state index contributed by atoms with van der Waals surface area (Å²) in [4.78, 5) is 50.8. The number of rotatable bonds is 6. The van der Waals surface area contributed by atoms with Gasteiger partial charge in [0.15, 0.2) is 16.7 Å². The van der Waals surface area contributed by atoms with Crippen molar-refractivity contribution >= 4 is 40.2 Å². The zero-order valence-corrected chi connectivity index (χ0v) is 20.2. The molecule has 0 aliphatic carbocycles. The maximum absolute atomic E-state index is 12.0. The third-order valence-electron chi connectivity index (χ3n) is 4.91. The van der Waals surface area contributed by atoms with E-state index >= 15 is 0 Å². The van der Waals surface area contributed by atoms with Crippen molar-refractivity contribution in [1.82, 2.24) is 10.6 Å².